The summed E-state index contributed by atoms with van der Waals surface area (Å²) in [5.74, 6) is 0. The Hall–Kier alpha value is -2.27. The summed E-state index contributed by atoms with van der Waals surface area (Å²) >= 11 is 5.91. The van der Waals surface area contributed by atoms with Crippen molar-refractivity contribution in [2.24, 2.45) is 0 Å². The van der Waals surface area contributed by atoms with E-state index in [2.05, 4.69) is 10.3 Å². The van der Waals surface area contributed by atoms with Crippen LogP contribution < -0.4 is 5.32 Å². The first-order chi connectivity index (χ1) is 10.4. The molecule has 0 aliphatic heterocycles. The Morgan fingerprint density at radius 3 is 2.55 bits per heavy atom. The zero-order valence-electron chi connectivity index (χ0n) is 11.2. The van der Waals surface area contributed by atoms with Gasteiger partial charge in [0.25, 0.3) is 0 Å². The van der Waals surface area contributed by atoms with Crippen LogP contribution in [0.2, 0.25) is 5.02 Å². The minimum Gasteiger partial charge on any atom is -0.355 e. The predicted molar refractivity (Wildman–Crippen MR) is 81.5 cm³/mol. The Balaban J connectivity index is 2.09. The topological polar surface area (TPSA) is 24.9 Å². The molecule has 2 nitrogen and oxygen atoms in total. The van der Waals surface area contributed by atoms with E-state index in [9.17, 15) is 13.2 Å². The number of nitrogens with zero attached hydrogens (tertiary/aromatic N) is 1. The highest BCUT2D eigenvalue weighted by atomic mass is 35.5. The fraction of sp³-hybridized carbons (Fsp3) is 0.0625. The summed E-state index contributed by atoms with van der Waals surface area (Å²) < 4.78 is 38.6. The molecule has 0 bridgehead atoms. The Morgan fingerprint density at radius 2 is 1.82 bits per heavy atom. The minimum atomic E-state index is -4.39. The average molecular weight is 323 g/mol. The molecule has 0 spiro atoms. The highest BCUT2D eigenvalue weighted by Crippen LogP contribution is 2.34. The van der Waals surface area contributed by atoms with Crippen molar-refractivity contribution in [2.45, 2.75) is 6.18 Å². The van der Waals surface area contributed by atoms with Gasteiger partial charge in [0.15, 0.2) is 0 Å². The van der Waals surface area contributed by atoms with Gasteiger partial charge in [-0.3, -0.25) is 4.98 Å². The number of rotatable bonds is 2. The molecule has 1 aromatic heterocycles. The molecule has 0 aliphatic rings. The van der Waals surface area contributed by atoms with Crippen LogP contribution in [0, 0.1) is 0 Å². The van der Waals surface area contributed by atoms with Crippen LogP contribution in [0.5, 0.6) is 0 Å². The van der Waals surface area contributed by atoms with E-state index in [0.717, 1.165) is 12.1 Å². The van der Waals surface area contributed by atoms with Crippen molar-refractivity contribution in [1.82, 2.24) is 4.98 Å². The zero-order valence-corrected chi connectivity index (χ0v) is 11.9. The highest BCUT2D eigenvalue weighted by molar-refractivity contribution is 6.30. The summed E-state index contributed by atoms with van der Waals surface area (Å²) in [6.07, 6.45) is -2.85. The third-order valence-corrected chi connectivity index (χ3v) is 3.41. The fourth-order valence-corrected chi connectivity index (χ4v) is 2.34. The molecular formula is C16H10ClF3N2. The maximum absolute atomic E-state index is 12.9. The second-order valence-corrected chi connectivity index (χ2v) is 5.16. The summed E-state index contributed by atoms with van der Waals surface area (Å²) in [6.45, 7) is 0. The molecule has 112 valence electrons. The van der Waals surface area contributed by atoms with Crippen LogP contribution in [-0.2, 0) is 6.18 Å². The number of fused-ring (bicyclic) bond motifs is 1. The first kappa shape index (κ1) is 14.7. The monoisotopic (exact) mass is 322 g/mol. The second kappa shape index (κ2) is 5.50. The van der Waals surface area contributed by atoms with Crippen molar-refractivity contribution in [1.29, 1.82) is 0 Å². The molecule has 0 atom stereocenters. The molecule has 0 amide bonds. The maximum Gasteiger partial charge on any atom is 0.416 e. The van der Waals surface area contributed by atoms with Gasteiger partial charge in [-0.1, -0.05) is 17.7 Å². The molecule has 0 unspecified atom stereocenters. The van der Waals surface area contributed by atoms with Gasteiger partial charge in [-0.2, -0.15) is 13.2 Å². The molecular weight excluding hydrogens is 313 g/mol. The molecule has 6 heteroatoms. The summed E-state index contributed by atoms with van der Waals surface area (Å²) in [7, 11) is 0. The van der Waals surface area contributed by atoms with Crippen molar-refractivity contribution in [2.75, 3.05) is 5.32 Å². The number of aromatic nitrogens is 1. The number of hydrogen-bond donors (Lipinski definition) is 1. The summed E-state index contributed by atoms with van der Waals surface area (Å²) in [5.41, 5.74) is 1.01. The van der Waals surface area contributed by atoms with Crippen LogP contribution in [0.3, 0.4) is 0 Å². The third kappa shape index (κ3) is 2.99. The number of halogens is 4. The normalized spacial score (nSPS) is 11.6. The van der Waals surface area contributed by atoms with Crippen LogP contribution >= 0.6 is 11.6 Å². The Kier molecular flexibility index (Phi) is 3.66. The molecule has 3 aromatic rings. The predicted octanol–water partition coefficient (Wildman–Crippen LogP) is 5.65. The van der Waals surface area contributed by atoms with Crippen LogP contribution in [0.1, 0.15) is 5.56 Å². The smallest absolute Gasteiger partial charge is 0.355 e. The van der Waals surface area contributed by atoms with Crippen molar-refractivity contribution >= 4 is 33.9 Å². The van der Waals surface area contributed by atoms with E-state index in [1.54, 1.807) is 36.5 Å². The Bertz CT molecular complexity index is 831. The van der Waals surface area contributed by atoms with Gasteiger partial charge < -0.3 is 5.32 Å². The van der Waals surface area contributed by atoms with Gasteiger partial charge in [0.05, 0.1) is 11.1 Å². The van der Waals surface area contributed by atoms with Crippen molar-refractivity contribution < 1.29 is 13.2 Å². The molecule has 1 N–H and O–H groups in total. The summed E-state index contributed by atoms with van der Waals surface area (Å²) in [4.78, 5) is 4.09. The number of alkyl halides is 3. The standard InChI is InChI=1S/C16H10ClF3N2/c17-11-2-1-3-12(9-11)22-15-6-7-21-14-5-4-10(8-13(14)15)16(18,19)20/h1-9H,(H,21,22). The van der Waals surface area contributed by atoms with E-state index in [4.69, 9.17) is 11.6 Å². The van der Waals surface area contributed by atoms with Crippen LogP contribution in [0.15, 0.2) is 54.7 Å². The highest BCUT2D eigenvalue weighted by Gasteiger charge is 2.30. The quantitative estimate of drug-likeness (QED) is 0.659. The van der Waals surface area contributed by atoms with E-state index in [1.807, 2.05) is 0 Å². The number of hydrogen-bond acceptors (Lipinski definition) is 2. The number of anilines is 2. The molecule has 0 radical (unpaired) electrons. The van der Waals surface area contributed by atoms with E-state index < -0.39 is 11.7 Å². The van der Waals surface area contributed by atoms with Crippen molar-refractivity contribution in [3.8, 4) is 0 Å². The van der Waals surface area contributed by atoms with Crippen LogP contribution in [0.4, 0.5) is 24.5 Å². The maximum atomic E-state index is 12.9. The van der Waals surface area contributed by atoms with Gasteiger partial charge in [0.1, 0.15) is 0 Å². The summed E-state index contributed by atoms with van der Waals surface area (Å²) in [6, 6.07) is 12.1. The lowest BCUT2D eigenvalue weighted by Gasteiger charge is -2.12. The Labute approximate surface area is 129 Å². The van der Waals surface area contributed by atoms with Gasteiger partial charge in [0.2, 0.25) is 0 Å². The molecule has 2 aromatic carbocycles. The number of benzene rings is 2. The molecule has 0 saturated carbocycles. The molecule has 0 aliphatic carbocycles. The van der Waals surface area contributed by atoms with Crippen molar-refractivity contribution in [3.63, 3.8) is 0 Å². The van der Waals surface area contributed by atoms with E-state index in [1.165, 1.54) is 6.07 Å². The average Bonchev–Trinajstić information content (AvgIpc) is 2.46. The third-order valence-electron chi connectivity index (χ3n) is 3.17. The number of nitrogens with one attached hydrogen (secondary N) is 1. The van der Waals surface area contributed by atoms with Gasteiger partial charge in [-0.05, 0) is 42.5 Å². The fourth-order valence-electron chi connectivity index (χ4n) is 2.15. The lowest BCUT2D eigenvalue weighted by molar-refractivity contribution is -0.137. The van der Waals surface area contributed by atoms with E-state index in [-0.39, 0.29) is 0 Å². The SMILES string of the molecule is FC(F)(F)c1ccc2nccc(Nc3cccc(Cl)c3)c2c1. The summed E-state index contributed by atoms with van der Waals surface area (Å²) in [5, 5.41) is 4.02. The molecule has 1 heterocycles. The Morgan fingerprint density at radius 1 is 1.00 bits per heavy atom. The second-order valence-electron chi connectivity index (χ2n) is 4.72. The molecule has 22 heavy (non-hydrogen) atoms. The van der Waals surface area contributed by atoms with Gasteiger partial charge in [-0.15, -0.1) is 0 Å². The lowest BCUT2D eigenvalue weighted by Crippen LogP contribution is -2.04. The first-order valence-corrected chi connectivity index (χ1v) is 6.80. The first-order valence-electron chi connectivity index (χ1n) is 6.42. The van der Waals surface area contributed by atoms with Gasteiger partial charge in [-0.25, -0.2) is 0 Å². The molecule has 0 saturated heterocycles. The lowest BCUT2D eigenvalue weighted by atomic mass is 10.1. The van der Waals surface area contributed by atoms with Gasteiger partial charge >= 0.3 is 6.18 Å². The van der Waals surface area contributed by atoms with E-state index in [0.29, 0.717) is 27.3 Å². The molecule has 0 fully saturated rings. The van der Waals surface area contributed by atoms with E-state index >= 15 is 0 Å². The van der Waals surface area contributed by atoms with Gasteiger partial charge in [0, 0.05) is 28.0 Å². The van der Waals surface area contributed by atoms with Crippen molar-refractivity contribution in [3.05, 3.63) is 65.3 Å². The number of pyridine rings is 1. The van der Waals surface area contributed by atoms with Crippen LogP contribution in [0.25, 0.3) is 10.9 Å². The van der Waals surface area contributed by atoms with Crippen LogP contribution in [-0.4, -0.2) is 4.98 Å². The minimum absolute atomic E-state index is 0.400. The molecule has 3 rings (SSSR count). The zero-order chi connectivity index (χ0) is 15.7. The largest absolute Gasteiger partial charge is 0.416 e.